The highest BCUT2D eigenvalue weighted by Crippen LogP contribution is 2.41. The summed E-state index contributed by atoms with van der Waals surface area (Å²) in [6.45, 7) is 2.23. The van der Waals surface area contributed by atoms with Crippen molar-refractivity contribution < 1.29 is 14.2 Å². The van der Waals surface area contributed by atoms with Crippen LogP contribution < -0.4 is 19.5 Å². The largest absolute Gasteiger partial charge is 0.493 e. The second-order valence-electron chi connectivity index (χ2n) is 5.90. The fraction of sp³-hybridized carbons (Fsp3) is 0.647. The molecule has 1 saturated heterocycles. The molecular formula is C17H28N2O3. The average molecular weight is 308 g/mol. The molecule has 0 radical (unpaired) electrons. The van der Waals surface area contributed by atoms with Crippen LogP contribution >= 0.6 is 0 Å². The summed E-state index contributed by atoms with van der Waals surface area (Å²) in [5.41, 5.74) is 1.17. The van der Waals surface area contributed by atoms with Gasteiger partial charge in [0.05, 0.1) is 21.3 Å². The quantitative estimate of drug-likeness (QED) is 0.868. The van der Waals surface area contributed by atoms with Crippen LogP contribution in [0, 0.1) is 5.92 Å². The molecule has 0 spiro atoms. The van der Waals surface area contributed by atoms with Crippen molar-refractivity contribution in [3.63, 3.8) is 0 Å². The summed E-state index contributed by atoms with van der Waals surface area (Å²) in [6, 6.07) is 4.58. The first-order valence-electron chi connectivity index (χ1n) is 7.78. The lowest BCUT2D eigenvalue weighted by Gasteiger charge is -2.37. The van der Waals surface area contributed by atoms with Crippen LogP contribution in [0.4, 0.5) is 0 Å². The molecule has 1 N–H and O–H groups in total. The van der Waals surface area contributed by atoms with Gasteiger partial charge in [-0.2, -0.15) is 0 Å². The van der Waals surface area contributed by atoms with Gasteiger partial charge in [0.15, 0.2) is 11.5 Å². The number of nitrogens with zero attached hydrogens (tertiary/aromatic N) is 1. The molecule has 0 unspecified atom stereocenters. The molecule has 0 bridgehead atoms. The highest BCUT2D eigenvalue weighted by molar-refractivity contribution is 5.55. The third-order valence-corrected chi connectivity index (χ3v) is 4.58. The monoisotopic (exact) mass is 308 g/mol. The number of hydrogen-bond donors (Lipinski definition) is 1. The summed E-state index contributed by atoms with van der Waals surface area (Å²) in [5.74, 6) is 2.71. The van der Waals surface area contributed by atoms with Crippen molar-refractivity contribution in [1.29, 1.82) is 0 Å². The van der Waals surface area contributed by atoms with E-state index in [4.69, 9.17) is 14.2 Å². The molecule has 1 aromatic rings. The Balaban J connectivity index is 2.28. The first kappa shape index (κ1) is 16.9. The molecule has 0 aliphatic carbocycles. The van der Waals surface area contributed by atoms with E-state index in [-0.39, 0.29) is 0 Å². The van der Waals surface area contributed by atoms with Crippen LogP contribution in [-0.2, 0) is 6.42 Å². The molecule has 1 fully saturated rings. The lowest BCUT2D eigenvalue weighted by Crippen LogP contribution is -2.47. The van der Waals surface area contributed by atoms with Crippen LogP contribution in [0.5, 0.6) is 17.2 Å². The Kier molecular flexibility index (Phi) is 5.91. The average Bonchev–Trinajstić information content (AvgIpc) is 2.54. The first-order chi connectivity index (χ1) is 10.6. The fourth-order valence-corrected chi connectivity index (χ4v) is 3.41. The predicted molar refractivity (Wildman–Crippen MR) is 88.3 cm³/mol. The normalized spacial score (nSPS) is 22.4. The molecular weight excluding hydrogens is 280 g/mol. The van der Waals surface area contributed by atoms with Gasteiger partial charge in [-0.25, -0.2) is 0 Å². The number of nitrogens with one attached hydrogen (secondary N) is 1. The van der Waals surface area contributed by atoms with E-state index >= 15 is 0 Å². The van der Waals surface area contributed by atoms with Crippen LogP contribution in [0.1, 0.15) is 12.0 Å². The lowest BCUT2D eigenvalue weighted by molar-refractivity contribution is 0.167. The molecule has 1 aliphatic heterocycles. The van der Waals surface area contributed by atoms with Gasteiger partial charge < -0.3 is 24.4 Å². The zero-order valence-corrected chi connectivity index (χ0v) is 14.3. The van der Waals surface area contributed by atoms with Crippen molar-refractivity contribution in [3.05, 3.63) is 17.7 Å². The molecule has 2 rings (SSSR count). The molecule has 1 aliphatic rings. The van der Waals surface area contributed by atoms with Crippen LogP contribution in [0.3, 0.4) is 0 Å². The predicted octanol–water partition coefficient (Wildman–Crippen LogP) is 1.79. The number of ether oxygens (including phenoxy) is 3. The molecule has 1 heterocycles. The fourth-order valence-electron chi connectivity index (χ4n) is 3.41. The molecule has 0 aromatic heterocycles. The van der Waals surface area contributed by atoms with Gasteiger partial charge in [0, 0.05) is 12.6 Å². The lowest BCUT2D eigenvalue weighted by atomic mass is 9.86. The second-order valence-corrected chi connectivity index (χ2v) is 5.90. The van der Waals surface area contributed by atoms with Gasteiger partial charge in [-0.3, -0.25) is 0 Å². The Hall–Kier alpha value is -1.46. The van der Waals surface area contributed by atoms with Gasteiger partial charge in [-0.15, -0.1) is 0 Å². The number of piperidine rings is 1. The maximum absolute atomic E-state index is 5.61. The minimum atomic E-state index is 0.536. The van der Waals surface area contributed by atoms with E-state index in [1.165, 1.54) is 12.0 Å². The zero-order valence-electron chi connectivity index (χ0n) is 14.3. The Bertz CT molecular complexity index is 493. The van der Waals surface area contributed by atoms with E-state index in [1.807, 2.05) is 6.07 Å². The van der Waals surface area contributed by atoms with E-state index < -0.39 is 0 Å². The van der Waals surface area contributed by atoms with Gasteiger partial charge in [0.2, 0.25) is 5.75 Å². The van der Waals surface area contributed by atoms with E-state index in [2.05, 4.69) is 30.4 Å². The molecule has 1 aromatic carbocycles. The molecule has 22 heavy (non-hydrogen) atoms. The third kappa shape index (κ3) is 3.47. The Morgan fingerprint density at radius 3 is 2.45 bits per heavy atom. The number of hydrogen-bond acceptors (Lipinski definition) is 5. The van der Waals surface area contributed by atoms with E-state index in [0.29, 0.717) is 23.5 Å². The van der Waals surface area contributed by atoms with Crippen molar-refractivity contribution in [2.45, 2.75) is 18.9 Å². The number of methoxy groups -OCH3 is 3. The summed E-state index contributed by atoms with van der Waals surface area (Å²) in [5, 5.41) is 3.46. The second kappa shape index (κ2) is 7.70. The van der Waals surface area contributed by atoms with E-state index in [1.54, 1.807) is 21.3 Å². The highest BCUT2D eigenvalue weighted by Gasteiger charge is 2.28. The Morgan fingerprint density at radius 1 is 1.14 bits per heavy atom. The van der Waals surface area contributed by atoms with Crippen LogP contribution in [0.2, 0.25) is 0 Å². The molecule has 5 nitrogen and oxygen atoms in total. The summed E-state index contributed by atoms with van der Waals surface area (Å²) in [7, 11) is 9.21. The zero-order chi connectivity index (χ0) is 16.1. The van der Waals surface area contributed by atoms with Crippen LogP contribution in [0.25, 0.3) is 0 Å². The maximum atomic E-state index is 5.61. The van der Waals surface area contributed by atoms with Gasteiger partial charge >= 0.3 is 0 Å². The number of benzene rings is 1. The molecule has 5 heteroatoms. The van der Waals surface area contributed by atoms with Crippen molar-refractivity contribution >= 4 is 0 Å². The van der Waals surface area contributed by atoms with Crippen molar-refractivity contribution in [2.75, 3.05) is 48.5 Å². The number of likely N-dealkylation sites (tertiary alicyclic amines) is 1. The van der Waals surface area contributed by atoms with Crippen LogP contribution in [-0.4, -0.2) is 59.5 Å². The topological polar surface area (TPSA) is 43.0 Å². The van der Waals surface area contributed by atoms with Gasteiger partial charge in [-0.05, 0) is 51.0 Å². The SMILES string of the molecule is CN[C@H]1CCN(C)C[C@@H]1Cc1ccc(OC)c(OC)c1OC. The molecule has 124 valence electrons. The van der Waals surface area contributed by atoms with Crippen LogP contribution in [0.15, 0.2) is 12.1 Å². The Morgan fingerprint density at radius 2 is 1.86 bits per heavy atom. The highest BCUT2D eigenvalue weighted by atomic mass is 16.5. The summed E-state index contributed by atoms with van der Waals surface area (Å²) in [4.78, 5) is 2.39. The first-order valence-corrected chi connectivity index (χ1v) is 7.78. The molecule has 2 atom stereocenters. The van der Waals surface area contributed by atoms with Crippen molar-refractivity contribution in [2.24, 2.45) is 5.92 Å². The standard InChI is InChI=1S/C17H28N2O3/c1-18-14-8-9-19(2)11-13(14)10-12-6-7-15(20-3)17(22-5)16(12)21-4/h6-7,13-14,18H,8-11H2,1-5H3/t13-,14-/m0/s1. The minimum absolute atomic E-state index is 0.536. The summed E-state index contributed by atoms with van der Waals surface area (Å²) in [6.07, 6.45) is 2.13. The molecule has 0 amide bonds. The van der Waals surface area contributed by atoms with Crippen molar-refractivity contribution in [3.8, 4) is 17.2 Å². The molecule has 0 saturated carbocycles. The minimum Gasteiger partial charge on any atom is -0.493 e. The van der Waals surface area contributed by atoms with Crippen molar-refractivity contribution in [1.82, 2.24) is 10.2 Å². The summed E-state index contributed by atoms with van der Waals surface area (Å²) < 4.78 is 16.5. The van der Waals surface area contributed by atoms with E-state index in [0.717, 1.165) is 25.3 Å². The maximum Gasteiger partial charge on any atom is 0.203 e. The van der Waals surface area contributed by atoms with Gasteiger partial charge in [0.25, 0.3) is 0 Å². The van der Waals surface area contributed by atoms with E-state index in [9.17, 15) is 0 Å². The van der Waals surface area contributed by atoms with Gasteiger partial charge in [-0.1, -0.05) is 6.07 Å². The van der Waals surface area contributed by atoms with Gasteiger partial charge in [0.1, 0.15) is 0 Å². The number of rotatable bonds is 6. The summed E-state index contributed by atoms with van der Waals surface area (Å²) >= 11 is 0. The Labute approximate surface area is 133 Å². The third-order valence-electron chi connectivity index (χ3n) is 4.58. The smallest absolute Gasteiger partial charge is 0.203 e.